The second-order valence-corrected chi connectivity index (χ2v) is 8.42. The predicted octanol–water partition coefficient (Wildman–Crippen LogP) is 3.05. The van der Waals surface area contributed by atoms with Gasteiger partial charge in [0.1, 0.15) is 25.3 Å². The SMILES string of the molecule is CCCCC1(c2ccccc2)NC(=O)N(CC(=O)N(C)Cc2ccc3c(c2)OCCO3)C1=O. The van der Waals surface area contributed by atoms with Gasteiger partial charge in [-0.05, 0) is 29.7 Å². The van der Waals surface area contributed by atoms with Gasteiger partial charge in [0.05, 0.1) is 0 Å². The van der Waals surface area contributed by atoms with Gasteiger partial charge >= 0.3 is 6.03 Å². The molecule has 2 heterocycles. The van der Waals surface area contributed by atoms with Crippen LogP contribution in [0.15, 0.2) is 48.5 Å². The molecule has 33 heavy (non-hydrogen) atoms. The summed E-state index contributed by atoms with van der Waals surface area (Å²) in [5.41, 5.74) is 0.466. The van der Waals surface area contributed by atoms with Crippen LogP contribution in [0.25, 0.3) is 0 Å². The molecule has 174 valence electrons. The van der Waals surface area contributed by atoms with Crippen molar-refractivity contribution in [2.45, 2.75) is 38.3 Å². The molecule has 8 heteroatoms. The van der Waals surface area contributed by atoms with Crippen molar-refractivity contribution < 1.29 is 23.9 Å². The molecule has 0 aromatic heterocycles. The monoisotopic (exact) mass is 451 g/mol. The zero-order valence-electron chi connectivity index (χ0n) is 19.0. The molecule has 2 aromatic rings. The molecule has 1 fully saturated rings. The minimum absolute atomic E-state index is 0.313. The average molecular weight is 452 g/mol. The summed E-state index contributed by atoms with van der Waals surface area (Å²) < 4.78 is 11.1. The van der Waals surface area contributed by atoms with Gasteiger partial charge in [0.2, 0.25) is 5.91 Å². The van der Waals surface area contributed by atoms with Gasteiger partial charge in [-0.2, -0.15) is 0 Å². The highest BCUT2D eigenvalue weighted by atomic mass is 16.6. The first-order valence-electron chi connectivity index (χ1n) is 11.3. The van der Waals surface area contributed by atoms with Crippen LogP contribution in [-0.4, -0.2) is 54.5 Å². The van der Waals surface area contributed by atoms with Crippen LogP contribution in [-0.2, 0) is 21.7 Å². The number of imide groups is 1. The number of likely N-dealkylation sites (N-methyl/N-ethyl adjacent to an activating group) is 1. The fraction of sp³-hybridized carbons (Fsp3) is 0.400. The summed E-state index contributed by atoms with van der Waals surface area (Å²) in [6.07, 6.45) is 2.14. The van der Waals surface area contributed by atoms with Gasteiger partial charge in [-0.15, -0.1) is 0 Å². The zero-order chi connectivity index (χ0) is 23.4. The van der Waals surface area contributed by atoms with Crippen LogP contribution < -0.4 is 14.8 Å². The number of rotatable bonds is 8. The Morgan fingerprint density at radius 2 is 1.82 bits per heavy atom. The molecule has 0 spiro atoms. The molecule has 4 amide bonds. The molecule has 0 saturated carbocycles. The number of hydrogen-bond acceptors (Lipinski definition) is 5. The third-order valence-electron chi connectivity index (χ3n) is 6.09. The highest BCUT2D eigenvalue weighted by Crippen LogP contribution is 2.34. The van der Waals surface area contributed by atoms with E-state index in [9.17, 15) is 14.4 Å². The lowest BCUT2D eigenvalue weighted by Crippen LogP contribution is -2.45. The molecule has 1 unspecified atom stereocenters. The standard InChI is InChI=1S/C25H29N3O5/c1-3-4-12-25(19-8-6-5-7-9-19)23(30)28(24(31)26-25)17-22(29)27(2)16-18-10-11-20-21(15-18)33-14-13-32-20/h5-11,15H,3-4,12-14,16-17H2,1-2H3,(H,26,31). The number of ether oxygens (including phenoxy) is 2. The number of fused-ring (bicyclic) bond motifs is 1. The number of hydrogen-bond donors (Lipinski definition) is 1. The smallest absolute Gasteiger partial charge is 0.325 e. The minimum atomic E-state index is -1.14. The van der Waals surface area contributed by atoms with Gasteiger partial charge in [0.15, 0.2) is 11.5 Å². The van der Waals surface area contributed by atoms with E-state index in [1.165, 1.54) is 4.90 Å². The van der Waals surface area contributed by atoms with Gasteiger partial charge < -0.3 is 19.7 Å². The second-order valence-electron chi connectivity index (χ2n) is 8.42. The maximum absolute atomic E-state index is 13.5. The summed E-state index contributed by atoms with van der Waals surface area (Å²) in [5.74, 6) is 0.626. The van der Waals surface area contributed by atoms with E-state index >= 15 is 0 Å². The van der Waals surface area contributed by atoms with Crippen LogP contribution in [0.2, 0.25) is 0 Å². The van der Waals surface area contributed by atoms with Crippen LogP contribution >= 0.6 is 0 Å². The van der Waals surface area contributed by atoms with Crippen molar-refractivity contribution in [1.82, 2.24) is 15.1 Å². The molecule has 4 rings (SSSR count). The largest absolute Gasteiger partial charge is 0.486 e. The van der Waals surface area contributed by atoms with E-state index in [0.29, 0.717) is 37.7 Å². The van der Waals surface area contributed by atoms with E-state index in [-0.39, 0.29) is 18.4 Å². The molecule has 1 atom stereocenters. The number of urea groups is 1. The average Bonchev–Trinajstić information content (AvgIpc) is 3.08. The molecule has 2 aromatic carbocycles. The lowest BCUT2D eigenvalue weighted by atomic mass is 9.85. The molecule has 1 saturated heterocycles. The summed E-state index contributed by atoms with van der Waals surface area (Å²) in [6.45, 7) is 3.04. The molecule has 2 aliphatic heterocycles. The number of carbonyl (C=O) groups is 3. The molecular weight excluding hydrogens is 422 g/mol. The quantitative estimate of drug-likeness (QED) is 0.624. The zero-order valence-corrected chi connectivity index (χ0v) is 19.0. The van der Waals surface area contributed by atoms with Crippen molar-refractivity contribution in [2.75, 3.05) is 26.8 Å². The first kappa shape index (κ1) is 22.6. The Morgan fingerprint density at radius 3 is 2.55 bits per heavy atom. The lowest BCUT2D eigenvalue weighted by molar-refractivity contribution is -0.139. The van der Waals surface area contributed by atoms with Crippen LogP contribution in [0.3, 0.4) is 0 Å². The Morgan fingerprint density at radius 1 is 1.09 bits per heavy atom. The number of amides is 4. The number of nitrogens with zero attached hydrogens (tertiary/aromatic N) is 2. The summed E-state index contributed by atoms with van der Waals surface area (Å²) in [4.78, 5) is 41.7. The molecule has 8 nitrogen and oxygen atoms in total. The van der Waals surface area contributed by atoms with Crippen molar-refractivity contribution in [1.29, 1.82) is 0 Å². The summed E-state index contributed by atoms with van der Waals surface area (Å²) in [7, 11) is 1.65. The van der Waals surface area contributed by atoms with E-state index in [2.05, 4.69) is 5.32 Å². The maximum atomic E-state index is 13.5. The lowest BCUT2D eigenvalue weighted by Gasteiger charge is -2.27. The molecule has 0 aliphatic carbocycles. The Bertz CT molecular complexity index is 1040. The van der Waals surface area contributed by atoms with E-state index in [0.717, 1.165) is 28.9 Å². The number of benzene rings is 2. The first-order chi connectivity index (χ1) is 15.9. The first-order valence-corrected chi connectivity index (χ1v) is 11.3. The van der Waals surface area contributed by atoms with Crippen LogP contribution in [0, 0.1) is 0 Å². The fourth-order valence-corrected chi connectivity index (χ4v) is 4.25. The normalized spacial score (nSPS) is 19.4. The topological polar surface area (TPSA) is 88.2 Å². The summed E-state index contributed by atoms with van der Waals surface area (Å²) >= 11 is 0. The number of nitrogens with one attached hydrogen (secondary N) is 1. The predicted molar refractivity (Wildman–Crippen MR) is 122 cm³/mol. The van der Waals surface area contributed by atoms with Gasteiger partial charge in [-0.3, -0.25) is 14.5 Å². The van der Waals surface area contributed by atoms with Gasteiger partial charge in [0.25, 0.3) is 5.91 Å². The van der Waals surface area contributed by atoms with E-state index in [1.54, 1.807) is 7.05 Å². The minimum Gasteiger partial charge on any atom is -0.486 e. The summed E-state index contributed by atoms with van der Waals surface area (Å²) in [6, 6.07) is 14.2. The highest BCUT2D eigenvalue weighted by Gasteiger charge is 2.52. The van der Waals surface area contributed by atoms with Crippen molar-refractivity contribution in [3.05, 3.63) is 59.7 Å². The Balaban J connectivity index is 1.47. The van der Waals surface area contributed by atoms with E-state index < -0.39 is 11.6 Å². The van der Waals surface area contributed by atoms with Gasteiger partial charge in [-0.1, -0.05) is 56.2 Å². The fourth-order valence-electron chi connectivity index (χ4n) is 4.25. The maximum Gasteiger partial charge on any atom is 0.325 e. The van der Waals surface area contributed by atoms with Crippen molar-refractivity contribution >= 4 is 17.8 Å². The number of carbonyl (C=O) groups excluding carboxylic acids is 3. The van der Waals surface area contributed by atoms with Gasteiger partial charge in [0, 0.05) is 13.6 Å². The van der Waals surface area contributed by atoms with Crippen molar-refractivity contribution in [2.24, 2.45) is 0 Å². The van der Waals surface area contributed by atoms with Crippen molar-refractivity contribution in [3.63, 3.8) is 0 Å². The molecular formula is C25H29N3O5. The number of unbranched alkanes of at least 4 members (excludes halogenated alkanes) is 1. The van der Waals surface area contributed by atoms with Crippen molar-refractivity contribution in [3.8, 4) is 11.5 Å². The second kappa shape index (κ2) is 9.52. The summed E-state index contributed by atoms with van der Waals surface area (Å²) in [5, 5.41) is 2.88. The highest BCUT2D eigenvalue weighted by molar-refractivity contribution is 6.09. The van der Waals surface area contributed by atoms with E-state index in [1.807, 2.05) is 55.5 Å². The van der Waals surface area contributed by atoms with Crippen LogP contribution in [0.4, 0.5) is 4.79 Å². The Hall–Kier alpha value is -3.55. The molecule has 0 bridgehead atoms. The Labute approximate surface area is 193 Å². The third kappa shape index (κ3) is 4.51. The van der Waals surface area contributed by atoms with Crippen LogP contribution in [0.1, 0.15) is 37.3 Å². The third-order valence-corrected chi connectivity index (χ3v) is 6.09. The van der Waals surface area contributed by atoms with Gasteiger partial charge in [-0.25, -0.2) is 4.79 Å². The van der Waals surface area contributed by atoms with E-state index in [4.69, 9.17) is 9.47 Å². The van der Waals surface area contributed by atoms with Crippen LogP contribution in [0.5, 0.6) is 11.5 Å². The Kier molecular flexibility index (Phi) is 6.53. The molecule has 0 radical (unpaired) electrons. The molecule has 1 N–H and O–H groups in total. The molecule has 2 aliphatic rings.